The zero-order chi connectivity index (χ0) is 13.5. The van der Waals surface area contributed by atoms with E-state index < -0.39 is 0 Å². The molecule has 0 unspecified atom stereocenters. The Morgan fingerprint density at radius 3 is 2.78 bits per heavy atom. The number of nitriles is 1. The van der Waals surface area contributed by atoms with Crippen molar-refractivity contribution in [3.05, 3.63) is 41.6 Å². The number of esters is 1. The molecule has 1 rings (SSSR count). The molecule has 0 atom stereocenters. The summed E-state index contributed by atoms with van der Waals surface area (Å²) in [6.07, 6.45) is 1.69. The molecule has 1 aromatic rings. The molecule has 94 valence electrons. The largest absolute Gasteiger partial charge is 0.462 e. The van der Waals surface area contributed by atoms with Gasteiger partial charge >= 0.3 is 5.97 Å². The van der Waals surface area contributed by atoms with Gasteiger partial charge in [-0.05, 0) is 24.6 Å². The molecule has 0 amide bonds. The van der Waals surface area contributed by atoms with Crippen LogP contribution in [0.25, 0.3) is 5.57 Å². The SMILES string of the molecule is CCOC(=O)/C(=C/N(C)C)c1cccc(C#N)c1. The Balaban J connectivity index is 3.18. The van der Waals surface area contributed by atoms with Crippen molar-refractivity contribution in [1.82, 2.24) is 4.90 Å². The zero-order valence-electron chi connectivity index (χ0n) is 10.8. The van der Waals surface area contributed by atoms with Gasteiger partial charge in [0.15, 0.2) is 0 Å². The van der Waals surface area contributed by atoms with E-state index in [1.54, 1.807) is 42.3 Å². The van der Waals surface area contributed by atoms with Crippen molar-refractivity contribution in [3.63, 3.8) is 0 Å². The average Bonchev–Trinajstić information content (AvgIpc) is 2.36. The summed E-state index contributed by atoms with van der Waals surface area (Å²) in [7, 11) is 3.65. The third-order valence-corrected chi connectivity index (χ3v) is 2.19. The second kappa shape index (κ2) is 6.45. The van der Waals surface area contributed by atoms with Gasteiger partial charge in [0.25, 0.3) is 0 Å². The van der Waals surface area contributed by atoms with Crippen LogP contribution in [0.3, 0.4) is 0 Å². The molecule has 0 aliphatic rings. The highest BCUT2D eigenvalue weighted by molar-refractivity contribution is 6.16. The lowest BCUT2D eigenvalue weighted by Crippen LogP contribution is -2.11. The van der Waals surface area contributed by atoms with Crippen LogP contribution < -0.4 is 0 Å². The standard InChI is InChI=1S/C14H16N2O2/c1-4-18-14(17)13(10-16(2)3)12-7-5-6-11(8-12)9-15/h5-8,10H,4H2,1-3H3/b13-10+. The van der Waals surface area contributed by atoms with Crippen molar-refractivity contribution in [2.75, 3.05) is 20.7 Å². The maximum Gasteiger partial charge on any atom is 0.340 e. The van der Waals surface area contributed by atoms with E-state index in [0.29, 0.717) is 23.3 Å². The van der Waals surface area contributed by atoms with Crippen LogP contribution >= 0.6 is 0 Å². The second-order valence-corrected chi connectivity index (χ2v) is 3.92. The van der Waals surface area contributed by atoms with E-state index >= 15 is 0 Å². The molecule has 0 aliphatic heterocycles. The first kappa shape index (κ1) is 13.8. The van der Waals surface area contributed by atoms with Crippen molar-refractivity contribution >= 4 is 11.5 Å². The maximum absolute atomic E-state index is 11.9. The van der Waals surface area contributed by atoms with Crippen molar-refractivity contribution in [2.45, 2.75) is 6.92 Å². The fourth-order valence-electron chi connectivity index (χ4n) is 1.47. The van der Waals surface area contributed by atoms with E-state index in [1.165, 1.54) is 0 Å². The van der Waals surface area contributed by atoms with Gasteiger partial charge in [0.2, 0.25) is 0 Å². The number of rotatable bonds is 4. The zero-order valence-corrected chi connectivity index (χ0v) is 10.8. The van der Waals surface area contributed by atoms with Gasteiger partial charge in [-0.1, -0.05) is 12.1 Å². The Hall–Kier alpha value is -2.28. The molecule has 4 nitrogen and oxygen atoms in total. The second-order valence-electron chi connectivity index (χ2n) is 3.92. The van der Waals surface area contributed by atoms with Gasteiger partial charge in [-0.25, -0.2) is 4.79 Å². The van der Waals surface area contributed by atoms with Crippen molar-refractivity contribution in [1.29, 1.82) is 5.26 Å². The highest BCUT2D eigenvalue weighted by atomic mass is 16.5. The summed E-state index contributed by atoms with van der Waals surface area (Å²) in [6.45, 7) is 2.08. The number of hydrogen-bond donors (Lipinski definition) is 0. The van der Waals surface area contributed by atoms with E-state index in [1.807, 2.05) is 14.1 Å². The Morgan fingerprint density at radius 1 is 1.50 bits per heavy atom. The van der Waals surface area contributed by atoms with Crippen LogP contribution in [-0.2, 0) is 9.53 Å². The van der Waals surface area contributed by atoms with E-state index in [2.05, 4.69) is 6.07 Å². The van der Waals surface area contributed by atoms with Gasteiger partial charge in [-0.2, -0.15) is 5.26 Å². The smallest absolute Gasteiger partial charge is 0.340 e. The normalized spacial score (nSPS) is 10.7. The van der Waals surface area contributed by atoms with Gasteiger partial charge < -0.3 is 9.64 Å². The lowest BCUT2D eigenvalue weighted by atomic mass is 10.0. The van der Waals surface area contributed by atoms with Crippen LogP contribution in [0.15, 0.2) is 30.5 Å². The molecule has 0 saturated carbocycles. The number of nitrogens with zero attached hydrogens (tertiary/aromatic N) is 2. The topological polar surface area (TPSA) is 53.3 Å². The number of carbonyl (C=O) groups is 1. The maximum atomic E-state index is 11.9. The number of benzene rings is 1. The quantitative estimate of drug-likeness (QED) is 0.600. The van der Waals surface area contributed by atoms with E-state index in [0.717, 1.165) is 0 Å². The van der Waals surface area contributed by atoms with E-state index in [-0.39, 0.29) is 5.97 Å². The van der Waals surface area contributed by atoms with Gasteiger partial charge in [-0.15, -0.1) is 0 Å². The Bertz CT molecular complexity index is 499. The van der Waals surface area contributed by atoms with Crippen molar-refractivity contribution < 1.29 is 9.53 Å². The Labute approximate surface area is 107 Å². The molecule has 0 heterocycles. The van der Waals surface area contributed by atoms with Crippen molar-refractivity contribution in [2.24, 2.45) is 0 Å². The number of ether oxygens (including phenoxy) is 1. The number of hydrogen-bond acceptors (Lipinski definition) is 4. The molecule has 0 saturated heterocycles. The minimum Gasteiger partial charge on any atom is -0.462 e. The summed E-state index contributed by atoms with van der Waals surface area (Å²) in [5.41, 5.74) is 1.64. The monoisotopic (exact) mass is 244 g/mol. The fourth-order valence-corrected chi connectivity index (χ4v) is 1.47. The Morgan fingerprint density at radius 2 is 2.22 bits per heavy atom. The van der Waals surface area contributed by atoms with Gasteiger partial charge in [0.1, 0.15) is 0 Å². The third-order valence-electron chi connectivity index (χ3n) is 2.19. The van der Waals surface area contributed by atoms with Gasteiger partial charge in [-0.3, -0.25) is 0 Å². The van der Waals surface area contributed by atoms with Crippen LogP contribution in [-0.4, -0.2) is 31.6 Å². The molecule has 0 fully saturated rings. The summed E-state index contributed by atoms with van der Waals surface area (Å²) in [6, 6.07) is 8.95. The molecule has 4 heteroatoms. The summed E-state index contributed by atoms with van der Waals surface area (Å²) in [4.78, 5) is 13.6. The molecule has 0 radical (unpaired) electrons. The molecule has 0 bridgehead atoms. The first-order valence-electron chi connectivity index (χ1n) is 5.64. The van der Waals surface area contributed by atoms with Crippen LogP contribution in [0.5, 0.6) is 0 Å². The van der Waals surface area contributed by atoms with Crippen LogP contribution in [0, 0.1) is 11.3 Å². The summed E-state index contributed by atoms with van der Waals surface area (Å²) < 4.78 is 5.02. The first-order valence-corrected chi connectivity index (χ1v) is 5.64. The summed E-state index contributed by atoms with van der Waals surface area (Å²) >= 11 is 0. The molecule has 0 aromatic heterocycles. The highest BCUT2D eigenvalue weighted by Gasteiger charge is 2.14. The molecule has 18 heavy (non-hydrogen) atoms. The molecular weight excluding hydrogens is 228 g/mol. The number of carbonyl (C=O) groups excluding carboxylic acids is 1. The van der Waals surface area contributed by atoms with E-state index in [9.17, 15) is 4.79 Å². The van der Waals surface area contributed by atoms with Crippen LogP contribution in [0.2, 0.25) is 0 Å². The predicted octanol–water partition coefficient (Wildman–Crippen LogP) is 2.02. The van der Waals surface area contributed by atoms with E-state index in [4.69, 9.17) is 10.00 Å². The third kappa shape index (κ3) is 3.63. The lowest BCUT2D eigenvalue weighted by molar-refractivity contribution is -0.136. The summed E-state index contributed by atoms with van der Waals surface area (Å²) in [5, 5.41) is 8.87. The predicted molar refractivity (Wildman–Crippen MR) is 69.5 cm³/mol. The highest BCUT2D eigenvalue weighted by Crippen LogP contribution is 2.18. The fraction of sp³-hybridized carbons (Fsp3) is 0.286. The summed E-state index contributed by atoms with van der Waals surface area (Å²) in [5.74, 6) is -0.388. The molecular formula is C14H16N2O2. The van der Waals surface area contributed by atoms with Crippen molar-refractivity contribution in [3.8, 4) is 6.07 Å². The molecule has 0 aliphatic carbocycles. The minimum absolute atomic E-state index is 0.321. The minimum atomic E-state index is -0.388. The molecule has 0 spiro atoms. The van der Waals surface area contributed by atoms with Gasteiger partial charge in [0.05, 0.1) is 23.8 Å². The lowest BCUT2D eigenvalue weighted by Gasteiger charge is -2.11. The van der Waals surface area contributed by atoms with Crippen LogP contribution in [0.1, 0.15) is 18.1 Å². The molecule has 0 N–H and O–H groups in total. The van der Waals surface area contributed by atoms with Gasteiger partial charge in [0, 0.05) is 20.3 Å². The van der Waals surface area contributed by atoms with Crippen LogP contribution in [0.4, 0.5) is 0 Å². The average molecular weight is 244 g/mol. The molecule has 1 aromatic carbocycles. The first-order chi connectivity index (χ1) is 8.58. The Kier molecular flexibility index (Phi) is 4.94.